The Morgan fingerprint density at radius 2 is 1.94 bits per heavy atom. The largest absolute Gasteiger partial charge is 0.389 e. The summed E-state index contributed by atoms with van der Waals surface area (Å²) in [4.78, 5) is 4.76. The van der Waals surface area contributed by atoms with Gasteiger partial charge >= 0.3 is 0 Å². The van der Waals surface area contributed by atoms with E-state index in [1.165, 1.54) is 0 Å². The molecule has 0 aliphatic carbocycles. The van der Waals surface area contributed by atoms with Crippen LogP contribution in [0.2, 0.25) is 5.02 Å². The molecule has 4 heteroatoms. The molecule has 1 aromatic rings. The molecule has 0 amide bonds. The van der Waals surface area contributed by atoms with Crippen LogP contribution in [0, 0.1) is 0 Å². The minimum atomic E-state index is -0.464. The number of benzene rings is 1. The van der Waals surface area contributed by atoms with Crippen LogP contribution in [0.25, 0.3) is 0 Å². The SMILES string of the molecule is CCN1CCN(c2ccc(C(C)O)cc2Cl)CC1. The fraction of sp³-hybridized carbons (Fsp3) is 0.571. The minimum absolute atomic E-state index is 0.464. The van der Waals surface area contributed by atoms with E-state index in [-0.39, 0.29) is 0 Å². The maximum Gasteiger partial charge on any atom is 0.0762 e. The quantitative estimate of drug-likeness (QED) is 0.913. The Kier molecular flexibility index (Phi) is 4.49. The zero-order valence-electron chi connectivity index (χ0n) is 11.1. The summed E-state index contributed by atoms with van der Waals surface area (Å²) in [5.74, 6) is 0. The van der Waals surface area contributed by atoms with Crippen molar-refractivity contribution in [1.82, 2.24) is 4.90 Å². The maximum atomic E-state index is 9.54. The molecule has 0 spiro atoms. The summed E-state index contributed by atoms with van der Waals surface area (Å²) in [5, 5.41) is 10.3. The van der Waals surface area contributed by atoms with Crippen molar-refractivity contribution < 1.29 is 5.11 Å². The van der Waals surface area contributed by atoms with Gasteiger partial charge in [-0.2, -0.15) is 0 Å². The van der Waals surface area contributed by atoms with Gasteiger partial charge in [0.05, 0.1) is 16.8 Å². The summed E-state index contributed by atoms with van der Waals surface area (Å²) in [6, 6.07) is 5.85. The first-order chi connectivity index (χ1) is 8.61. The molecule has 1 heterocycles. The summed E-state index contributed by atoms with van der Waals surface area (Å²) in [6.07, 6.45) is -0.464. The molecule has 3 nitrogen and oxygen atoms in total. The first-order valence-corrected chi connectivity index (χ1v) is 6.94. The number of anilines is 1. The molecule has 0 bridgehead atoms. The van der Waals surface area contributed by atoms with Crippen LogP contribution in [0.15, 0.2) is 18.2 Å². The van der Waals surface area contributed by atoms with Gasteiger partial charge in [0.25, 0.3) is 0 Å². The maximum absolute atomic E-state index is 9.54. The second-order valence-corrected chi connectivity index (χ2v) is 5.22. The Hall–Kier alpha value is -0.770. The van der Waals surface area contributed by atoms with Gasteiger partial charge in [0.2, 0.25) is 0 Å². The Labute approximate surface area is 114 Å². The van der Waals surface area contributed by atoms with Crippen molar-refractivity contribution in [3.63, 3.8) is 0 Å². The van der Waals surface area contributed by atoms with E-state index in [0.29, 0.717) is 0 Å². The molecule has 1 aliphatic heterocycles. The van der Waals surface area contributed by atoms with Crippen molar-refractivity contribution in [2.24, 2.45) is 0 Å². The van der Waals surface area contributed by atoms with E-state index in [9.17, 15) is 5.11 Å². The smallest absolute Gasteiger partial charge is 0.0762 e. The van der Waals surface area contributed by atoms with Gasteiger partial charge in [-0.25, -0.2) is 0 Å². The number of aliphatic hydroxyl groups is 1. The topological polar surface area (TPSA) is 26.7 Å². The van der Waals surface area contributed by atoms with Crippen LogP contribution in [0.1, 0.15) is 25.5 Å². The fourth-order valence-corrected chi connectivity index (χ4v) is 2.65. The van der Waals surface area contributed by atoms with E-state index in [2.05, 4.69) is 16.7 Å². The molecule has 1 saturated heterocycles. The lowest BCUT2D eigenvalue weighted by Crippen LogP contribution is -2.46. The molecular formula is C14H21ClN2O. The van der Waals surface area contributed by atoms with Crippen LogP contribution in [-0.4, -0.2) is 42.7 Å². The average Bonchev–Trinajstić information content (AvgIpc) is 2.38. The Morgan fingerprint density at radius 3 is 2.44 bits per heavy atom. The summed E-state index contributed by atoms with van der Waals surface area (Å²) in [6.45, 7) is 9.27. The number of piperazine rings is 1. The third-order valence-corrected chi connectivity index (χ3v) is 3.92. The van der Waals surface area contributed by atoms with Crippen LogP contribution in [0.5, 0.6) is 0 Å². The first kappa shape index (κ1) is 13.7. The summed E-state index contributed by atoms with van der Waals surface area (Å²) >= 11 is 6.31. The second-order valence-electron chi connectivity index (χ2n) is 4.81. The Morgan fingerprint density at radius 1 is 1.28 bits per heavy atom. The van der Waals surface area contributed by atoms with E-state index < -0.39 is 6.10 Å². The fourth-order valence-electron chi connectivity index (χ4n) is 2.34. The molecule has 0 aromatic heterocycles. The highest BCUT2D eigenvalue weighted by molar-refractivity contribution is 6.33. The molecule has 0 radical (unpaired) electrons. The lowest BCUT2D eigenvalue weighted by atomic mass is 10.1. The molecule has 1 aromatic carbocycles. The highest BCUT2D eigenvalue weighted by Gasteiger charge is 2.18. The van der Waals surface area contributed by atoms with Crippen molar-refractivity contribution in [2.45, 2.75) is 20.0 Å². The highest BCUT2D eigenvalue weighted by Crippen LogP contribution is 2.29. The summed E-state index contributed by atoms with van der Waals surface area (Å²) in [5.41, 5.74) is 1.95. The summed E-state index contributed by atoms with van der Waals surface area (Å²) < 4.78 is 0. The average molecular weight is 269 g/mol. The van der Waals surface area contributed by atoms with Crippen LogP contribution < -0.4 is 4.90 Å². The van der Waals surface area contributed by atoms with Gasteiger partial charge in [0.1, 0.15) is 0 Å². The monoisotopic (exact) mass is 268 g/mol. The van der Waals surface area contributed by atoms with E-state index >= 15 is 0 Å². The van der Waals surface area contributed by atoms with Gasteiger partial charge < -0.3 is 14.9 Å². The summed E-state index contributed by atoms with van der Waals surface area (Å²) in [7, 11) is 0. The molecule has 1 N–H and O–H groups in total. The Bertz CT molecular complexity index is 401. The number of likely N-dealkylation sites (N-methyl/N-ethyl adjacent to an activating group) is 1. The highest BCUT2D eigenvalue weighted by atomic mass is 35.5. The third-order valence-electron chi connectivity index (χ3n) is 3.61. The number of hydrogen-bond acceptors (Lipinski definition) is 3. The van der Waals surface area contributed by atoms with Crippen molar-refractivity contribution in [3.8, 4) is 0 Å². The van der Waals surface area contributed by atoms with E-state index in [1.54, 1.807) is 6.92 Å². The van der Waals surface area contributed by atoms with Crippen molar-refractivity contribution in [2.75, 3.05) is 37.6 Å². The molecule has 1 aliphatic rings. The second kappa shape index (κ2) is 5.91. The zero-order valence-corrected chi connectivity index (χ0v) is 11.8. The number of rotatable bonds is 3. The zero-order chi connectivity index (χ0) is 13.1. The molecule has 1 fully saturated rings. The minimum Gasteiger partial charge on any atom is -0.389 e. The van der Waals surface area contributed by atoms with Crippen LogP contribution in [0.4, 0.5) is 5.69 Å². The van der Waals surface area contributed by atoms with Gasteiger partial charge in [-0.15, -0.1) is 0 Å². The van der Waals surface area contributed by atoms with Crippen molar-refractivity contribution in [3.05, 3.63) is 28.8 Å². The van der Waals surface area contributed by atoms with Crippen molar-refractivity contribution in [1.29, 1.82) is 0 Å². The molecule has 1 atom stereocenters. The molecule has 18 heavy (non-hydrogen) atoms. The molecular weight excluding hydrogens is 248 g/mol. The van der Waals surface area contributed by atoms with Crippen LogP contribution in [0.3, 0.4) is 0 Å². The van der Waals surface area contributed by atoms with Crippen LogP contribution in [-0.2, 0) is 0 Å². The number of halogens is 1. The van der Waals surface area contributed by atoms with E-state index in [4.69, 9.17) is 11.6 Å². The lowest BCUT2D eigenvalue weighted by molar-refractivity contribution is 0.199. The standard InChI is InChI=1S/C14H21ClN2O/c1-3-16-6-8-17(9-7-16)14-5-4-12(11(2)18)10-13(14)15/h4-5,10-11,18H,3,6-9H2,1-2H3. The van der Waals surface area contributed by atoms with Gasteiger partial charge in [0.15, 0.2) is 0 Å². The Balaban J connectivity index is 2.10. The number of hydrogen-bond donors (Lipinski definition) is 1. The van der Waals surface area contributed by atoms with E-state index in [0.717, 1.165) is 49.0 Å². The molecule has 100 valence electrons. The molecule has 2 rings (SSSR count). The van der Waals surface area contributed by atoms with E-state index in [1.807, 2.05) is 18.2 Å². The van der Waals surface area contributed by atoms with Crippen LogP contribution >= 0.6 is 11.6 Å². The number of nitrogens with zero attached hydrogens (tertiary/aromatic N) is 2. The normalized spacial score (nSPS) is 19.0. The lowest BCUT2D eigenvalue weighted by Gasteiger charge is -2.36. The first-order valence-electron chi connectivity index (χ1n) is 6.56. The number of aliphatic hydroxyl groups excluding tert-OH is 1. The predicted molar refractivity (Wildman–Crippen MR) is 76.4 cm³/mol. The molecule has 1 unspecified atom stereocenters. The van der Waals surface area contributed by atoms with Crippen molar-refractivity contribution >= 4 is 17.3 Å². The van der Waals surface area contributed by atoms with Gasteiger partial charge in [-0.3, -0.25) is 0 Å². The van der Waals surface area contributed by atoms with Gasteiger partial charge in [0, 0.05) is 26.2 Å². The van der Waals surface area contributed by atoms with Gasteiger partial charge in [-0.05, 0) is 31.2 Å². The van der Waals surface area contributed by atoms with Gasteiger partial charge in [-0.1, -0.05) is 24.6 Å². The third kappa shape index (κ3) is 2.97. The predicted octanol–water partition coefficient (Wildman–Crippen LogP) is 2.54. The molecule has 0 saturated carbocycles.